The molecule has 0 aliphatic heterocycles. The minimum atomic E-state index is -3.43. The molecule has 1 aromatic rings. The average Bonchev–Trinajstić information content (AvgIpc) is 2.02. The molecule has 0 spiro atoms. The maximum absolute atomic E-state index is 10.6. The van der Waals surface area contributed by atoms with Gasteiger partial charge in [-0.2, -0.15) is 0 Å². The number of aryl methyl sites for hydroxylation is 1. The van der Waals surface area contributed by atoms with Crippen molar-refractivity contribution >= 4 is 31.3 Å². The molecule has 0 saturated carbocycles. The van der Waals surface area contributed by atoms with Crippen molar-refractivity contribution in [2.24, 2.45) is 0 Å². The summed E-state index contributed by atoms with van der Waals surface area (Å²) in [5, 5.41) is 0.525. The van der Waals surface area contributed by atoms with E-state index < -0.39 is 9.05 Å². The normalized spacial score (nSPS) is 11.5. The monoisotopic (exact) mass is 239 g/mol. The van der Waals surface area contributed by atoms with Crippen molar-refractivity contribution in [1.29, 1.82) is 0 Å². The SMILES string of the molecule is O=S(=O)(Cl)CCc1ccc(Cl)cn1. The second kappa shape index (κ2) is 4.26. The lowest BCUT2D eigenvalue weighted by atomic mass is 10.3. The summed E-state index contributed by atoms with van der Waals surface area (Å²) >= 11 is 5.59. The molecule has 0 bridgehead atoms. The van der Waals surface area contributed by atoms with Gasteiger partial charge in [0.1, 0.15) is 0 Å². The molecular weight excluding hydrogens is 233 g/mol. The third-order valence-electron chi connectivity index (χ3n) is 1.39. The van der Waals surface area contributed by atoms with Crippen LogP contribution in [0.3, 0.4) is 0 Å². The highest BCUT2D eigenvalue weighted by Crippen LogP contribution is 2.08. The third kappa shape index (κ3) is 4.45. The minimum Gasteiger partial charge on any atom is -0.260 e. The molecule has 0 amide bonds. The lowest BCUT2D eigenvalue weighted by Gasteiger charge is -1.97. The summed E-state index contributed by atoms with van der Waals surface area (Å²) in [6.45, 7) is 0. The average molecular weight is 240 g/mol. The minimum absolute atomic E-state index is 0.108. The van der Waals surface area contributed by atoms with Crippen LogP contribution in [0, 0.1) is 0 Å². The van der Waals surface area contributed by atoms with Crippen molar-refractivity contribution in [3.63, 3.8) is 0 Å². The quantitative estimate of drug-likeness (QED) is 0.757. The van der Waals surface area contributed by atoms with Crippen molar-refractivity contribution in [3.05, 3.63) is 29.0 Å². The fourth-order valence-electron chi connectivity index (χ4n) is 0.781. The number of pyridine rings is 1. The maximum atomic E-state index is 10.6. The molecule has 0 unspecified atom stereocenters. The molecule has 1 aromatic heterocycles. The molecule has 6 heteroatoms. The smallest absolute Gasteiger partial charge is 0.232 e. The predicted octanol–water partition coefficient (Wildman–Crippen LogP) is 1.85. The first kappa shape index (κ1) is 10.8. The standard InChI is InChI=1S/C7H7Cl2NO2S/c8-6-1-2-7(10-5-6)3-4-13(9,11)12/h1-2,5H,3-4H2. The second-order valence-corrected chi connectivity index (χ2v) is 5.79. The van der Waals surface area contributed by atoms with Crippen molar-refractivity contribution in [3.8, 4) is 0 Å². The zero-order valence-corrected chi connectivity index (χ0v) is 8.90. The lowest BCUT2D eigenvalue weighted by Crippen LogP contribution is -2.02. The Morgan fingerprint density at radius 3 is 2.54 bits per heavy atom. The molecule has 0 fully saturated rings. The van der Waals surface area contributed by atoms with Gasteiger partial charge in [0.25, 0.3) is 0 Å². The van der Waals surface area contributed by atoms with E-state index in [4.69, 9.17) is 22.3 Å². The molecule has 0 radical (unpaired) electrons. The van der Waals surface area contributed by atoms with Gasteiger partial charge in [-0.3, -0.25) is 4.98 Å². The summed E-state index contributed by atoms with van der Waals surface area (Å²) in [6.07, 6.45) is 1.78. The Balaban J connectivity index is 2.61. The van der Waals surface area contributed by atoms with Gasteiger partial charge < -0.3 is 0 Å². The molecule has 0 aliphatic carbocycles. The fourth-order valence-corrected chi connectivity index (χ4v) is 1.58. The van der Waals surface area contributed by atoms with Crippen LogP contribution in [0.2, 0.25) is 5.02 Å². The molecule has 72 valence electrons. The highest BCUT2D eigenvalue weighted by atomic mass is 35.7. The van der Waals surface area contributed by atoms with Crippen LogP contribution in [-0.2, 0) is 15.5 Å². The van der Waals surface area contributed by atoms with Crippen LogP contribution in [0.5, 0.6) is 0 Å². The lowest BCUT2D eigenvalue weighted by molar-refractivity contribution is 0.608. The summed E-state index contributed by atoms with van der Waals surface area (Å²) in [6, 6.07) is 3.33. The topological polar surface area (TPSA) is 47.0 Å². The number of halogens is 2. The molecule has 1 rings (SSSR count). The van der Waals surface area contributed by atoms with E-state index in [9.17, 15) is 8.42 Å². The largest absolute Gasteiger partial charge is 0.260 e. The van der Waals surface area contributed by atoms with Gasteiger partial charge in [-0.25, -0.2) is 8.42 Å². The van der Waals surface area contributed by atoms with E-state index in [1.165, 1.54) is 6.20 Å². The van der Waals surface area contributed by atoms with Crippen LogP contribution in [0.25, 0.3) is 0 Å². The van der Waals surface area contributed by atoms with Crippen molar-refractivity contribution in [2.75, 3.05) is 5.75 Å². The van der Waals surface area contributed by atoms with Crippen molar-refractivity contribution in [2.45, 2.75) is 6.42 Å². The zero-order chi connectivity index (χ0) is 9.90. The van der Waals surface area contributed by atoms with Gasteiger partial charge in [0.15, 0.2) is 0 Å². The molecule has 0 saturated heterocycles. The first-order valence-corrected chi connectivity index (χ1v) is 6.36. The molecular formula is C7H7Cl2NO2S. The van der Waals surface area contributed by atoms with E-state index in [0.717, 1.165) is 0 Å². The summed E-state index contributed by atoms with van der Waals surface area (Å²) in [5.41, 5.74) is 0.661. The summed E-state index contributed by atoms with van der Waals surface area (Å²) in [7, 11) is 1.60. The van der Waals surface area contributed by atoms with E-state index in [2.05, 4.69) is 4.98 Å². The number of hydrogen-bond acceptors (Lipinski definition) is 3. The number of nitrogens with zero attached hydrogens (tertiary/aromatic N) is 1. The van der Waals surface area contributed by atoms with Crippen LogP contribution >= 0.6 is 22.3 Å². The predicted molar refractivity (Wildman–Crippen MR) is 52.6 cm³/mol. The molecule has 0 atom stereocenters. The van der Waals surface area contributed by atoms with E-state index in [0.29, 0.717) is 17.1 Å². The molecule has 3 nitrogen and oxygen atoms in total. The van der Waals surface area contributed by atoms with E-state index in [-0.39, 0.29) is 5.75 Å². The maximum Gasteiger partial charge on any atom is 0.232 e. The Kier molecular flexibility index (Phi) is 3.53. The van der Waals surface area contributed by atoms with E-state index in [1.54, 1.807) is 12.1 Å². The van der Waals surface area contributed by atoms with Crippen LogP contribution in [0.1, 0.15) is 5.69 Å². The van der Waals surface area contributed by atoms with Crippen LogP contribution in [-0.4, -0.2) is 19.2 Å². The number of aromatic nitrogens is 1. The highest BCUT2D eigenvalue weighted by Gasteiger charge is 2.05. The molecule has 13 heavy (non-hydrogen) atoms. The first-order chi connectivity index (χ1) is 5.97. The molecule has 0 aliphatic rings. The Hall–Kier alpha value is -0.320. The summed E-state index contributed by atoms with van der Waals surface area (Å²) in [4.78, 5) is 3.93. The van der Waals surface area contributed by atoms with Crippen LogP contribution in [0.15, 0.2) is 18.3 Å². The summed E-state index contributed by atoms with van der Waals surface area (Å²) in [5.74, 6) is -0.108. The van der Waals surface area contributed by atoms with Gasteiger partial charge in [-0.15, -0.1) is 0 Å². The first-order valence-electron chi connectivity index (χ1n) is 3.50. The highest BCUT2D eigenvalue weighted by molar-refractivity contribution is 8.13. The Bertz CT molecular complexity index is 374. The molecule has 0 aromatic carbocycles. The molecule has 0 N–H and O–H groups in total. The van der Waals surface area contributed by atoms with E-state index in [1.807, 2.05) is 0 Å². The van der Waals surface area contributed by atoms with Crippen LogP contribution < -0.4 is 0 Å². The molecule has 1 heterocycles. The Morgan fingerprint density at radius 2 is 2.08 bits per heavy atom. The Labute approximate surface area is 86.1 Å². The van der Waals surface area contributed by atoms with Crippen molar-refractivity contribution < 1.29 is 8.42 Å². The van der Waals surface area contributed by atoms with Crippen LogP contribution in [0.4, 0.5) is 0 Å². The number of hydrogen-bond donors (Lipinski definition) is 0. The van der Waals surface area contributed by atoms with Gasteiger partial charge in [0.2, 0.25) is 9.05 Å². The van der Waals surface area contributed by atoms with Gasteiger partial charge in [0, 0.05) is 29.0 Å². The third-order valence-corrected chi connectivity index (χ3v) is 2.77. The second-order valence-electron chi connectivity index (χ2n) is 2.46. The van der Waals surface area contributed by atoms with Gasteiger partial charge in [0.05, 0.1) is 10.8 Å². The van der Waals surface area contributed by atoms with Gasteiger partial charge in [-0.1, -0.05) is 11.6 Å². The van der Waals surface area contributed by atoms with Gasteiger partial charge in [-0.05, 0) is 12.1 Å². The Morgan fingerprint density at radius 1 is 1.38 bits per heavy atom. The number of rotatable bonds is 3. The van der Waals surface area contributed by atoms with E-state index >= 15 is 0 Å². The van der Waals surface area contributed by atoms with Gasteiger partial charge >= 0.3 is 0 Å². The van der Waals surface area contributed by atoms with Crippen molar-refractivity contribution in [1.82, 2.24) is 4.98 Å². The summed E-state index contributed by atoms with van der Waals surface area (Å²) < 4.78 is 21.2. The zero-order valence-electron chi connectivity index (χ0n) is 6.57. The fraction of sp³-hybridized carbons (Fsp3) is 0.286.